The topological polar surface area (TPSA) is 91.3 Å². The largest absolute Gasteiger partial charge is 0.494 e. The molecule has 3 aromatic rings. The first-order valence-electron chi connectivity index (χ1n) is 7.23. The van der Waals surface area contributed by atoms with Crippen LogP contribution in [0.1, 0.15) is 0 Å². The van der Waals surface area contributed by atoms with Crippen LogP contribution >= 0.6 is 0 Å². The molecule has 0 spiro atoms. The van der Waals surface area contributed by atoms with Gasteiger partial charge in [0.15, 0.2) is 5.76 Å². The van der Waals surface area contributed by atoms with Crippen molar-refractivity contribution in [1.29, 1.82) is 0 Å². The van der Waals surface area contributed by atoms with E-state index in [-0.39, 0.29) is 18.3 Å². The third-order valence-corrected chi connectivity index (χ3v) is 3.50. The van der Waals surface area contributed by atoms with Crippen molar-refractivity contribution in [1.82, 2.24) is 19.7 Å². The molecule has 0 unspecified atom stereocenters. The highest BCUT2D eigenvalue weighted by molar-refractivity contribution is 5.75. The molecule has 0 saturated heterocycles. The second kappa shape index (κ2) is 6.45. The van der Waals surface area contributed by atoms with E-state index in [1.165, 1.54) is 29.7 Å². The molecule has 0 bridgehead atoms. The standard InChI is InChI=1S/C16H16N4O4/c1-17-14(21)10-19-15(13-8-5-9-24-13)18-20(16(19)22)11-6-3-4-7-12(11)23-2/h3-9H,10H2,1-2H3,(H,17,21). The SMILES string of the molecule is CNC(=O)Cn1c(-c2ccco2)nn(-c2ccccc2OC)c1=O. The van der Waals surface area contributed by atoms with Crippen LogP contribution in [0, 0.1) is 0 Å². The Morgan fingerprint density at radius 1 is 1.29 bits per heavy atom. The molecule has 0 atom stereocenters. The van der Waals surface area contributed by atoms with Crippen LogP contribution in [0.15, 0.2) is 51.9 Å². The summed E-state index contributed by atoms with van der Waals surface area (Å²) in [7, 11) is 3.02. The zero-order valence-electron chi connectivity index (χ0n) is 13.2. The molecule has 0 radical (unpaired) electrons. The number of para-hydroxylation sites is 2. The van der Waals surface area contributed by atoms with Gasteiger partial charge in [0.2, 0.25) is 11.7 Å². The molecule has 0 aliphatic rings. The van der Waals surface area contributed by atoms with Gasteiger partial charge >= 0.3 is 5.69 Å². The van der Waals surface area contributed by atoms with Gasteiger partial charge in [0.1, 0.15) is 18.0 Å². The smallest absolute Gasteiger partial charge is 0.351 e. The van der Waals surface area contributed by atoms with Gasteiger partial charge in [-0.05, 0) is 24.3 Å². The number of methoxy groups -OCH3 is 1. The zero-order valence-corrected chi connectivity index (χ0v) is 13.2. The van der Waals surface area contributed by atoms with Crippen molar-refractivity contribution < 1.29 is 13.9 Å². The predicted molar refractivity (Wildman–Crippen MR) is 86.1 cm³/mol. The molecule has 0 saturated carbocycles. The van der Waals surface area contributed by atoms with Gasteiger partial charge in [-0.25, -0.2) is 4.79 Å². The number of hydrogen-bond donors (Lipinski definition) is 1. The van der Waals surface area contributed by atoms with Crippen LogP contribution in [-0.4, -0.2) is 34.4 Å². The molecule has 3 rings (SSSR count). The van der Waals surface area contributed by atoms with Crippen molar-refractivity contribution in [3.05, 3.63) is 53.1 Å². The minimum absolute atomic E-state index is 0.166. The van der Waals surface area contributed by atoms with E-state index in [9.17, 15) is 9.59 Å². The lowest BCUT2D eigenvalue weighted by Gasteiger charge is -2.06. The Morgan fingerprint density at radius 3 is 2.75 bits per heavy atom. The second-order valence-corrected chi connectivity index (χ2v) is 4.93. The fourth-order valence-electron chi connectivity index (χ4n) is 2.31. The van der Waals surface area contributed by atoms with Crippen LogP contribution in [0.25, 0.3) is 17.3 Å². The number of carbonyl (C=O) groups is 1. The van der Waals surface area contributed by atoms with E-state index in [1.807, 2.05) is 0 Å². The van der Waals surface area contributed by atoms with Gasteiger partial charge in [-0.1, -0.05) is 12.1 Å². The van der Waals surface area contributed by atoms with E-state index in [2.05, 4.69) is 10.4 Å². The van der Waals surface area contributed by atoms with E-state index in [0.717, 1.165) is 0 Å². The van der Waals surface area contributed by atoms with Crippen molar-refractivity contribution in [2.45, 2.75) is 6.54 Å². The molecule has 0 fully saturated rings. The van der Waals surface area contributed by atoms with Crippen LogP contribution in [0.2, 0.25) is 0 Å². The number of ether oxygens (including phenoxy) is 1. The molecule has 1 amide bonds. The maximum Gasteiger partial charge on any atom is 0.351 e. The summed E-state index contributed by atoms with van der Waals surface area (Å²) in [5.74, 6) is 0.837. The van der Waals surface area contributed by atoms with Crippen molar-refractivity contribution >= 4 is 5.91 Å². The monoisotopic (exact) mass is 328 g/mol. The lowest BCUT2D eigenvalue weighted by molar-refractivity contribution is -0.121. The molecule has 2 heterocycles. The number of hydrogen-bond acceptors (Lipinski definition) is 5. The van der Waals surface area contributed by atoms with E-state index in [1.54, 1.807) is 36.4 Å². The molecule has 124 valence electrons. The molecule has 8 heteroatoms. The number of rotatable bonds is 5. The van der Waals surface area contributed by atoms with Gasteiger partial charge in [-0.3, -0.25) is 9.36 Å². The molecule has 1 aromatic carbocycles. The molecule has 2 aromatic heterocycles. The lowest BCUT2D eigenvalue weighted by Crippen LogP contribution is -2.31. The van der Waals surface area contributed by atoms with E-state index < -0.39 is 5.69 Å². The quantitative estimate of drug-likeness (QED) is 0.756. The number of carbonyl (C=O) groups excluding carboxylic acids is 1. The second-order valence-electron chi connectivity index (χ2n) is 4.93. The van der Waals surface area contributed by atoms with Crippen LogP contribution in [0.4, 0.5) is 0 Å². The average molecular weight is 328 g/mol. The zero-order chi connectivity index (χ0) is 17.1. The summed E-state index contributed by atoms with van der Waals surface area (Å²) < 4.78 is 13.1. The van der Waals surface area contributed by atoms with E-state index >= 15 is 0 Å². The highest BCUT2D eigenvalue weighted by Gasteiger charge is 2.21. The molecule has 24 heavy (non-hydrogen) atoms. The first kappa shape index (κ1) is 15.6. The summed E-state index contributed by atoms with van der Waals surface area (Å²) in [5, 5.41) is 6.83. The highest BCUT2D eigenvalue weighted by Crippen LogP contribution is 2.22. The summed E-state index contributed by atoms with van der Waals surface area (Å²) in [6.45, 7) is -0.166. The number of amides is 1. The van der Waals surface area contributed by atoms with Gasteiger partial charge in [0.05, 0.1) is 13.4 Å². The van der Waals surface area contributed by atoms with Crippen molar-refractivity contribution in [3.8, 4) is 23.0 Å². The molecule has 8 nitrogen and oxygen atoms in total. The Hall–Kier alpha value is -3.29. The minimum Gasteiger partial charge on any atom is -0.494 e. The summed E-state index contributed by atoms with van der Waals surface area (Å²) in [5.41, 5.74) is 0.0166. The van der Waals surface area contributed by atoms with Crippen LogP contribution in [-0.2, 0) is 11.3 Å². The Balaban J connectivity index is 2.20. The third-order valence-electron chi connectivity index (χ3n) is 3.50. The van der Waals surface area contributed by atoms with Crippen LogP contribution in [0.5, 0.6) is 5.75 Å². The molecule has 1 N–H and O–H groups in total. The highest BCUT2D eigenvalue weighted by atomic mass is 16.5. The van der Waals surface area contributed by atoms with Gasteiger partial charge in [0, 0.05) is 7.05 Å². The summed E-state index contributed by atoms with van der Waals surface area (Å²) >= 11 is 0. The molecule has 0 aliphatic heterocycles. The van der Waals surface area contributed by atoms with E-state index in [0.29, 0.717) is 17.2 Å². The number of benzene rings is 1. The fraction of sp³-hybridized carbons (Fsp3) is 0.188. The van der Waals surface area contributed by atoms with Crippen molar-refractivity contribution in [2.24, 2.45) is 0 Å². The summed E-state index contributed by atoms with van der Waals surface area (Å²) in [4.78, 5) is 24.6. The first-order chi connectivity index (χ1) is 11.7. The van der Waals surface area contributed by atoms with E-state index in [4.69, 9.17) is 9.15 Å². The number of likely N-dealkylation sites (N-methyl/N-ethyl adjacent to an activating group) is 1. The van der Waals surface area contributed by atoms with Crippen LogP contribution < -0.4 is 15.7 Å². The third kappa shape index (κ3) is 2.69. The Bertz CT molecular complexity index is 909. The number of aromatic nitrogens is 3. The number of nitrogens with one attached hydrogen (secondary N) is 1. The fourth-order valence-corrected chi connectivity index (χ4v) is 2.31. The number of furan rings is 1. The molecular formula is C16H16N4O4. The van der Waals surface area contributed by atoms with Gasteiger partial charge in [0.25, 0.3) is 0 Å². The van der Waals surface area contributed by atoms with Gasteiger partial charge in [-0.15, -0.1) is 5.10 Å². The lowest BCUT2D eigenvalue weighted by atomic mass is 10.3. The average Bonchev–Trinajstić information content (AvgIpc) is 3.24. The maximum absolute atomic E-state index is 12.8. The Labute approximate surface area is 137 Å². The first-order valence-corrected chi connectivity index (χ1v) is 7.23. The molecule has 0 aliphatic carbocycles. The van der Waals surface area contributed by atoms with Gasteiger partial charge in [-0.2, -0.15) is 4.68 Å². The van der Waals surface area contributed by atoms with Crippen molar-refractivity contribution in [2.75, 3.05) is 14.2 Å². The molecular weight excluding hydrogens is 312 g/mol. The van der Waals surface area contributed by atoms with Crippen molar-refractivity contribution in [3.63, 3.8) is 0 Å². The maximum atomic E-state index is 12.8. The van der Waals surface area contributed by atoms with Crippen LogP contribution in [0.3, 0.4) is 0 Å². The normalized spacial score (nSPS) is 10.6. The Kier molecular flexibility index (Phi) is 4.19. The summed E-state index contributed by atoms with van der Waals surface area (Å²) in [6.07, 6.45) is 1.48. The number of nitrogens with zero attached hydrogens (tertiary/aromatic N) is 3. The predicted octanol–water partition coefficient (Wildman–Crippen LogP) is 1.05. The minimum atomic E-state index is -0.463. The van der Waals surface area contributed by atoms with Gasteiger partial charge < -0.3 is 14.5 Å². The summed E-state index contributed by atoms with van der Waals surface area (Å²) in [6, 6.07) is 10.4. The Morgan fingerprint density at radius 2 is 2.08 bits per heavy atom.